The predicted octanol–water partition coefficient (Wildman–Crippen LogP) is 4.46. The minimum Gasteiger partial charge on any atom is -0.370 e. The van der Waals surface area contributed by atoms with Gasteiger partial charge in [0.15, 0.2) is 0 Å². The summed E-state index contributed by atoms with van der Waals surface area (Å²) >= 11 is 6.49. The van der Waals surface area contributed by atoms with Gasteiger partial charge in [-0.3, -0.25) is 4.79 Å². The maximum atomic E-state index is 12.7. The number of aryl methyl sites for hydroxylation is 2. The van der Waals surface area contributed by atoms with Crippen molar-refractivity contribution in [3.05, 3.63) is 82.1 Å². The number of aromatic nitrogens is 2. The fraction of sp³-hybridized carbons (Fsp3) is 0.304. The summed E-state index contributed by atoms with van der Waals surface area (Å²) in [7, 11) is 0. The molecule has 3 aromatic rings. The lowest BCUT2D eigenvalue weighted by molar-refractivity contribution is 0.0954. The number of hydrogen-bond acceptors (Lipinski definition) is 3. The maximum Gasteiger partial charge on any atom is 0.256 e. The van der Waals surface area contributed by atoms with E-state index in [9.17, 15) is 4.79 Å². The predicted molar refractivity (Wildman–Crippen MR) is 119 cm³/mol. The molecule has 0 spiro atoms. The molecule has 1 amide bonds. The van der Waals surface area contributed by atoms with Crippen molar-refractivity contribution in [2.45, 2.75) is 27.3 Å². The molecule has 3 rings (SSSR count). The first-order valence-corrected chi connectivity index (χ1v) is 10.2. The third-order valence-corrected chi connectivity index (χ3v) is 5.27. The Morgan fingerprint density at radius 1 is 1.14 bits per heavy atom. The molecule has 2 aromatic carbocycles. The summed E-state index contributed by atoms with van der Waals surface area (Å²) in [6.07, 6.45) is 0. The standard InChI is InChI=1S/C23H27ClN4O/c1-4-27(20-12-8-9-17(2)15-20)14-13-25-23(29)21-18(3)26-28(22(21)24)16-19-10-6-5-7-11-19/h5-12,15H,4,13-14,16H2,1-3H3,(H,25,29). The highest BCUT2D eigenvalue weighted by Gasteiger charge is 2.20. The fourth-order valence-corrected chi connectivity index (χ4v) is 3.68. The molecule has 0 aliphatic rings. The summed E-state index contributed by atoms with van der Waals surface area (Å²) in [4.78, 5) is 15.0. The van der Waals surface area contributed by atoms with Gasteiger partial charge in [0.1, 0.15) is 5.15 Å². The van der Waals surface area contributed by atoms with Crippen LogP contribution in [0.25, 0.3) is 0 Å². The van der Waals surface area contributed by atoms with Gasteiger partial charge in [0.25, 0.3) is 5.91 Å². The van der Waals surface area contributed by atoms with Crippen molar-refractivity contribution in [3.8, 4) is 0 Å². The van der Waals surface area contributed by atoms with Crippen LogP contribution in [0.4, 0.5) is 5.69 Å². The normalized spacial score (nSPS) is 10.8. The summed E-state index contributed by atoms with van der Waals surface area (Å²) in [5.74, 6) is -0.188. The average molecular weight is 411 g/mol. The monoisotopic (exact) mass is 410 g/mol. The Labute approximate surface area is 177 Å². The largest absolute Gasteiger partial charge is 0.370 e. The second-order valence-corrected chi connectivity index (χ2v) is 7.43. The molecule has 0 fully saturated rings. The molecular weight excluding hydrogens is 384 g/mol. The number of nitrogens with one attached hydrogen (secondary N) is 1. The number of carbonyl (C=O) groups is 1. The van der Waals surface area contributed by atoms with Crippen LogP contribution in [0.2, 0.25) is 5.15 Å². The van der Waals surface area contributed by atoms with E-state index >= 15 is 0 Å². The first kappa shape index (κ1) is 20.9. The van der Waals surface area contributed by atoms with Crippen molar-refractivity contribution in [1.82, 2.24) is 15.1 Å². The molecule has 0 saturated carbocycles. The number of likely N-dealkylation sites (N-methyl/N-ethyl adjacent to an activating group) is 1. The maximum absolute atomic E-state index is 12.7. The third kappa shape index (κ3) is 5.18. The van der Waals surface area contributed by atoms with E-state index < -0.39 is 0 Å². The molecule has 0 unspecified atom stereocenters. The quantitative estimate of drug-likeness (QED) is 0.596. The van der Waals surface area contributed by atoms with Crippen molar-refractivity contribution in [1.29, 1.82) is 0 Å². The Balaban J connectivity index is 1.63. The summed E-state index contributed by atoms with van der Waals surface area (Å²) in [5.41, 5.74) is 4.54. The van der Waals surface area contributed by atoms with Gasteiger partial charge in [0.2, 0.25) is 0 Å². The van der Waals surface area contributed by atoms with Gasteiger partial charge < -0.3 is 10.2 Å². The van der Waals surface area contributed by atoms with Crippen molar-refractivity contribution in [2.75, 3.05) is 24.5 Å². The second-order valence-electron chi connectivity index (χ2n) is 7.07. The molecule has 0 aliphatic heterocycles. The molecule has 29 heavy (non-hydrogen) atoms. The van der Waals surface area contributed by atoms with Crippen molar-refractivity contribution >= 4 is 23.2 Å². The Morgan fingerprint density at radius 3 is 2.59 bits per heavy atom. The van der Waals surface area contributed by atoms with Gasteiger partial charge in [-0.2, -0.15) is 5.10 Å². The third-order valence-electron chi connectivity index (χ3n) is 4.88. The molecule has 1 N–H and O–H groups in total. The van der Waals surface area contributed by atoms with Gasteiger partial charge >= 0.3 is 0 Å². The average Bonchev–Trinajstić information content (AvgIpc) is 2.99. The van der Waals surface area contributed by atoms with E-state index in [1.807, 2.05) is 37.3 Å². The number of halogens is 1. The number of rotatable bonds is 8. The fourth-order valence-electron chi connectivity index (χ4n) is 3.36. The highest BCUT2D eigenvalue weighted by molar-refractivity contribution is 6.33. The number of carbonyl (C=O) groups excluding carboxylic acids is 1. The molecule has 1 heterocycles. The summed E-state index contributed by atoms with van der Waals surface area (Å²) in [6.45, 7) is 8.66. The molecule has 0 bridgehead atoms. The molecule has 0 radical (unpaired) electrons. The van der Waals surface area contributed by atoms with Crippen LogP contribution in [0.15, 0.2) is 54.6 Å². The Hall–Kier alpha value is -2.79. The minimum atomic E-state index is -0.188. The van der Waals surface area contributed by atoms with Crippen LogP contribution in [-0.4, -0.2) is 35.3 Å². The number of hydrogen-bond donors (Lipinski definition) is 1. The second kappa shape index (κ2) is 9.61. The van der Waals surface area contributed by atoms with Crippen molar-refractivity contribution in [3.63, 3.8) is 0 Å². The van der Waals surface area contributed by atoms with Crippen LogP contribution in [0.1, 0.15) is 34.1 Å². The zero-order valence-electron chi connectivity index (χ0n) is 17.2. The highest BCUT2D eigenvalue weighted by Crippen LogP contribution is 2.21. The molecule has 152 valence electrons. The van der Waals surface area contributed by atoms with Crippen LogP contribution in [0.5, 0.6) is 0 Å². The molecule has 0 saturated heterocycles. The van der Waals surface area contributed by atoms with Gasteiger partial charge in [0, 0.05) is 25.3 Å². The number of benzene rings is 2. The summed E-state index contributed by atoms with van der Waals surface area (Å²) in [6, 6.07) is 18.3. The Morgan fingerprint density at radius 2 is 1.90 bits per heavy atom. The zero-order chi connectivity index (χ0) is 20.8. The smallest absolute Gasteiger partial charge is 0.256 e. The lowest BCUT2D eigenvalue weighted by atomic mass is 10.2. The van der Waals surface area contributed by atoms with Crippen molar-refractivity contribution < 1.29 is 4.79 Å². The van der Waals surface area contributed by atoms with E-state index in [0.717, 1.165) is 24.3 Å². The SMILES string of the molecule is CCN(CCNC(=O)c1c(C)nn(Cc2ccccc2)c1Cl)c1cccc(C)c1. The van der Waals surface area contributed by atoms with E-state index in [-0.39, 0.29) is 5.91 Å². The van der Waals surface area contributed by atoms with Gasteiger partial charge in [-0.1, -0.05) is 54.1 Å². The van der Waals surface area contributed by atoms with E-state index in [2.05, 4.69) is 53.4 Å². The molecular formula is C23H27ClN4O. The molecule has 6 heteroatoms. The lowest BCUT2D eigenvalue weighted by Crippen LogP contribution is -2.35. The van der Waals surface area contributed by atoms with Crippen LogP contribution >= 0.6 is 11.6 Å². The Bertz CT molecular complexity index is 968. The highest BCUT2D eigenvalue weighted by atomic mass is 35.5. The first-order valence-electron chi connectivity index (χ1n) is 9.86. The number of amides is 1. The van der Waals surface area contributed by atoms with E-state index in [1.54, 1.807) is 4.68 Å². The van der Waals surface area contributed by atoms with Crippen molar-refractivity contribution in [2.24, 2.45) is 0 Å². The van der Waals surface area contributed by atoms with Gasteiger partial charge in [0.05, 0.1) is 17.8 Å². The van der Waals surface area contributed by atoms with Crippen LogP contribution < -0.4 is 10.2 Å². The lowest BCUT2D eigenvalue weighted by Gasteiger charge is -2.23. The number of nitrogens with zero attached hydrogens (tertiary/aromatic N) is 3. The van der Waals surface area contributed by atoms with Crippen LogP contribution in [0.3, 0.4) is 0 Å². The number of anilines is 1. The zero-order valence-corrected chi connectivity index (χ0v) is 17.9. The van der Waals surface area contributed by atoms with Crippen LogP contribution in [0, 0.1) is 13.8 Å². The molecule has 5 nitrogen and oxygen atoms in total. The van der Waals surface area contributed by atoms with Gasteiger partial charge in [-0.15, -0.1) is 0 Å². The summed E-state index contributed by atoms with van der Waals surface area (Å²) < 4.78 is 1.67. The topological polar surface area (TPSA) is 50.2 Å². The van der Waals surface area contributed by atoms with E-state index in [1.165, 1.54) is 5.56 Å². The van der Waals surface area contributed by atoms with E-state index in [4.69, 9.17) is 11.6 Å². The molecule has 1 aromatic heterocycles. The van der Waals surface area contributed by atoms with E-state index in [0.29, 0.717) is 29.5 Å². The minimum absolute atomic E-state index is 0.188. The molecule has 0 atom stereocenters. The molecule has 0 aliphatic carbocycles. The van der Waals surface area contributed by atoms with Crippen LogP contribution in [-0.2, 0) is 6.54 Å². The van der Waals surface area contributed by atoms with Gasteiger partial charge in [-0.25, -0.2) is 4.68 Å². The first-order chi connectivity index (χ1) is 14.0. The van der Waals surface area contributed by atoms with Gasteiger partial charge in [-0.05, 0) is 44.0 Å². The summed E-state index contributed by atoms with van der Waals surface area (Å²) in [5, 5.41) is 7.82. The Kier molecular flexibility index (Phi) is 6.94.